The van der Waals surface area contributed by atoms with Gasteiger partial charge in [-0.05, 0) is 6.54 Å². The zero-order valence-corrected chi connectivity index (χ0v) is 15.6. The van der Waals surface area contributed by atoms with Crippen LogP contribution in [0.1, 0.15) is 13.3 Å². The van der Waals surface area contributed by atoms with Crippen molar-refractivity contribution in [2.24, 2.45) is 5.92 Å². The number of amides is 2. The largest absolute Gasteiger partial charge is 0.497 e. The zero-order valence-electron chi connectivity index (χ0n) is 14.8. The Morgan fingerprint density at radius 2 is 1.84 bits per heavy atom. The summed E-state index contributed by atoms with van der Waals surface area (Å²) in [4.78, 5) is 26.1. The highest BCUT2D eigenvalue weighted by molar-refractivity contribution is 6.00. The highest BCUT2D eigenvalue weighted by Gasteiger charge is 2.35. The van der Waals surface area contributed by atoms with Gasteiger partial charge >= 0.3 is 0 Å². The number of hydrogen-bond donors (Lipinski definition) is 2. The van der Waals surface area contributed by atoms with Crippen molar-refractivity contribution in [3.63, 3.8) is 0 Å². The molecule has 2 rings (SSSR count). The van der Waals surface area contributed by atoms with Gasteiger partial charge in [-0.1, -0.05) is 6.92 Å². The van der Waals surface area contributed by atoms with Crippen LogP contribution >= 0.6 is 12.4 Å². The predicted molar refractivity (Wildman–Crippen MR) is 98.8 cm³/mol. The molecular formula is C17H26ClN3O4. The summed E-state index contributed by atoms with van der Waals surface area (Å²) in [5.41, 5.74) is 0.680. The van der Waals surface area contributed by atoms with Crippen LogP contribution in [0.5, 0.6) is 11.5 Å². The lowest BCUT2D eigenvalue weighted by Gasteiger charge is -2.18. The highest BCUT2D eigenvalue weighted by Crippen LogP contribution is 2.32. The summed E-state index contributed by atoms with van der Waals surface area (Å²) in [6.07, 6.45) is 0.215. The number of rotatable bonds is 8. The predicted octanol–water partition coefficient (Wildman–Crippen LogP) is 1.20. The number of ether oxygens (including phenoxy) is 2. The zero-order chi connectivity index (χ0) is 17.5. The molecule has 0 spiro atoms. The molecule has 2 amide bonds. The van der Waals surface area contributed by atoms with E-state index < -0.39 is 0 Å². The average Bonchev–Trinajstić information content (AvgIpc) is 3.00. The highest BCUT2D eigenvalue weighted by atomic mass is 35.5. The van der Waals surface area contributed by atoms with E-state index in [1.807, 2.05) is 6.92 Å². The average molecular weight is 372 g/mol. The Kier molecular flexibility index (Phi) is 8.51. The molecule has 1 saturated heterocycles. The number of halogens is 1. The van der Waals surface area contributed by atoms with Gasteiger partial charge in [-0.25, -0.2) is 0 Å². The van der Waals surface area contributed by atoms with Crippen LogP contribution < -0.4 is 25.0 Å². The van der Waals surface area contributed by atoms with Crippen LogP contribution in [0.4, 0.5) is 5.69 Å². The van der Waals surface area contributed by atoms with E-state index in [0.717, 1.165) is 13.1 Å². The first-order chi connectivity index (χ1) is 11.6. The fourth-order valence-corrected chi connectivity index (χ4v) is 2.68. The minimum Gasteiger partial charge on any atom is -0.497 e. The molecule has 1 aromatic carbocycles. The molecule has 0 saturated carbocycles. The molecule has 1 aromatic rings. The van der Waals surface area contributed by atoms with Gasteiger partial charge in [0.05, 0.1) is 25.8 Å². The summed E-state index contributed by atoms with van der Waals surface area (Å²) in [6, 6.07) is 5.28. The second-order valence-corrected chi connectivity index (χ2v) is 5.62. The molecule has 0 bridgehead atoms. The summed E-state index contributed by atoms with van der Waals surface area (Å²) in [5.74, 6) is 0.721. The molecule has 0 aromatic heterocycles. The van der Waals surface area contributed by atoms with Gasteiger partial charge in [0.25, 0.3) is 0 Å². The molecule has 140 valence electrons. The summed E-state index contributed by atoms with van der Waals surface area (Å²) < 4.78 is 10.5. The van der Waals surface area contributed by atoms with Crippen LogP contribution in [0, 0.1) is 5.92 Å². The monoisotopic (exact) mass is 371 g/mol. The number of likely N-dealkylation sites (N-methyl/N-ethyl adjacent to an activating group) is 1. The molecule has 25 heavy (non-hydrogen) atoms. The normalized spacial score (nSPS) is 16.4. The Morgan fingerprint density at radius 3 is 2.40 bits per heavy atom. The first-order valence-electron chi connectivity index (χ1n) is 8.10. The SMILES string of the molecule is CCNCCNC(=O)C1CC(=O)N(c2cc(OC)cc(OC)c2)C1.Cl. The van der Waals surface area contributed by atoms with Crippen molar-refractivity contribution in [1.29, 1.82) is 0 Å². The Morgan fingerprint density at radius 1 is 1.20 bits per heavy atom. The maximum atomic E-state index is 12.3. The van der Waals surface area contributed by atoms with Crippen LogP contribution in [0.25, 0.3) is 0 Å². The van der Waals surface area contributed by atoms with Gasteiger partial charge in [-0.3, -0.25) is 9.59 Å². The third kappa shape index (κ3) is 5.51. The lowest BCUT2D eigenvalue weighted by molar-refractivity contribution is -0.126. The number of nitrogens with zero attached hydrogens (tertiary/aromatic N) is 1. The number of carbonyl (C=O) groups is 2. The molecule has 7 nitrogen and oxygen atoms in total. The number of nitrogens with one attached hydrogen (secondary N) is 2. The first-order valence-corrected chi connectivity index (χ1v) is 8.10. The molecule has 1 aliphatic heterocycles. The van der Waals surface area contributed by atoms with E-state index in [1.165, 1.54) is 0 Å². The van der Waals surface area contributed by atoms with E-state index in [1.54, 1.807) is 37.3 Å². The molecule has 1 fully saturated rings. The minimum absolute atomic E-state index is 0. The summed E-state index contributed by atoms with van der Waals surface area (Å²) in [7, 11) is 3.12. The smallest absolute Gasteiger partial charge is 0.227 e. The van der Waals surface area contributed by atoms with Crippen LogP contribution in [0.15, 0.2) is 18.2 Å². The van der Waals surface area contributed by atoms with E-state index in [2.05, 4.69) is 10.6 Å². The van der Waals surface area contributed by atoms with E-state index >= 15 is 0 Å². The van der Waals surface area contributed by atoms with Crippen molar-refractivity contribution in [2.45, 2.75) is 13.3 Å². The number of hydrogen-bond acceptors (Lipinski definition) is 5. The molecule has 0 radical (unpaired) electrons. The third-order valence-electron chi connectivity index (χ3n) is 3.99. The molecular weight excluding hydrogens is 346 g/mol. The Hall–Kier alpha value is -1.99. The molecule has 1 aliphatic rings. The summed E-state index contributed by atoms with van der Waals surface area (Å²) in [5, 5.41) is 6.01. The van der Waals surface area contributed by atoms with Crippen molar-refractivity contribution < 1.29 is 19.1 Å². The molecule has 1 unspecified atom stereocenters. The Labute approximate surface area is 154 Å². The van der Waals surface area contributed by atoms with Crippen LogP contribution in [-0.2, 0) is 9.59 Å². The van der Waals surface area contributed by atoms with Crippen LogP contribution in [0.2, 0.25) is 0 Å². The third-order valence-corrected chi connectivity index (χ3v) is 3.99. The van der Waals surface area contributed by atoms with Gasteiger partial charge in [0.1, 0.15) is 11.5 Å². The standard InChI is InChI=1S/C17H25N3O4.ClH/c1-4-18-5-6-19-17(22)12-7-16(21)20(11-12)13-8-14(23-2)10-15(9-13)24-3;/h8-10,12,18H,4-7,11H2,1-3H3,(H,19,22);1H. The van der Waals surface area contributed by atoms with Gasteiger partial charge in [0.2, 0.25) is 11.8 Å². The quantitative estimate of drug-likeness (QED) is 0.671. The number of carbonyl (C=O) groups excluding carboxylic acids is 2. The maximum Gasteiger partial charge on any atom is 0.227 e. The minimum atomic E-state index is -0.337. The van der Waals surface area contributed by atoms with E-state index in [0.29, 0.717) is 30.3 Å². The summed E-state index contributed by atoms with van der Waals surface area (Å²) in [6.45, 7) is 4.52. The second-order valence-electron chi connectivity index (χ2n) is 5.62. The van der Waals surface area contributed by atoms with Crippen LogP contribution in [0.3, 0.4) is 0 Å². The Balaban J connectivity index is 0.00000312. The molecule has 1 atom stereocenters. The van der Waals surface area contributed by atoms with Crippen molar-refractivity contribution in [3.05, 3.63) is 18.2 Å². The van der Waals surface area contributed by atoms with Crippen molar-refractivity contribution in [3.8, 4) is 11.5 Å². The van der Waals surface area contributed by atoms with Gasteiger partial charge < -0.3 is 25.0 Å². The second kappa shape index (κ2) is 10.1. The summed E-state index contributed by atoms with van der Waals surface area (Å²) >= 11 is 0. The van der Waals surface area contributed by atoms with Gasteiger partial charge in [0, 0.05) is 44.3 Å². The number of anilines is 1. The van der Waals surface area contributed by atoms with Gasteiger partial charge in [0.15, 0.2) is 0 Å². The van der Waals surface area contributed by atoms with E-state index in [4.69, 9.17) is 9.47 Å². The maximum absolute atomic E-state index is 12.3. The molecule has 1 heterocycles. The van der Waals surface area contributed by atoms with Crippen molar-refractivity contribution >= 4 is 29.9 Å². The van der Waals surface area contributed by atoms with Crippen molar-refractivity contribution in [2.75, 3.05) is 45.3 Å². The Bertz CT molecular complexity index is 575. The molecule has 2 N–H and O–H groups in total. The molecule has 8 heteroatoms. The van der Waals surface area contributed by atoms with Crippen LogP contribution in [-0.4, -0.2) is 52.2 Å². The van der Waals surface area contributed by atoms with Gasteiger partial charge in [-0.15, -0.1) is 12.4 Å². The lowest BCUT2D eigenvalue weighted by atomic mass is 10.1. The van der Waals surface area contributed by atoms with Gasteiger partial charge in [-0.2, -0.15) is 0 Å². The van der Waals surface area contributed by atoms with Crippen molar-refractivity contribution in [1.82, 2.24) is 10.6 Å². The number of methoxy groups -OCH3 is 2. The number of benzene rings is 1. The first kappa shape index (κ1) is 21.1. The molecule has 0 aliphatic carbocycles. The fraction of sp³-hybridized carbons (Fsp3) is 0.529. The van der Waals surface area contributed by atoms with E-state index in [9.17, 15) is 9.59 Å². The topological polar surface area (TPSA) is 79.9 Å². The van der Waals surface area contributed by atoms with E-state index in [-0.39, 0.29) is 36.6 Å². The lowest BCUT2D eigenvalue weighted by Crippen LogP contribution is -2.37. The fourth-order valence-electron chi connectivity index (χ4n) is 2.68.